The fraction of sp³-hybridized carbons (Fsp3) is 0.600. The Morgan fingerprint density at radius 1 is 1.36 bits per heavy atom. The molecule has 0 unspecified atom stereocenters. The lowest BCUT2D eigenvalue weighted by molar-refractivity contribution is 0.276. The van der Waals surface area contributed by atoms with Gasteiger partial charge in [-0.05, 0) is 33.8 Å². The number of nitrogens with zero attached hydrogens (tertiary/aromatic N) is 2. The molecule has 78 valence electrons. The average Bonchev–Trinajstić information content (AvgIpc) is 1.99. The van der Waals surface area contributed by atoms with Crippen LogP contribution in [0.4, 0.5) is 5.95 Å². The predicted octanol–water partition coefficient (Wildman–Crippen LogP) is 1.49. The molecule has 4 nitrogen and oxygen atoms in total. The maximum absolute atomic E-state index is 8.97. The zero-order valence-corrected chi connectivity index (χ0v) is 9.13. The van der Waals surface area contributed by atoms with E-state index in [4.69, 9.17) is 5.11 Å². The Hall–Kier alpha value is -1.16. The van der Waals surface area contributed by atoms with E-state index in [9.17, 15) is 0 Å². The number of aromatic nitrogens is 2. The lowest BCUT2D eigenvalue weighted by Crippen LogP contribution is -2.27. The highest BCUT2D eigenvalue weighted by Gasteiger charge is 2.11. The van der Waals surface area contributed by atoms with Gasteiger partial charge in [-0.15, -0.1) is 0 Å². The van der Waals surface area contributed by atoms with Crippen molar-refractivity contribution in [3.8, 4) is 0 Å². The van der Waals surface area contributed by atoms with Gasteiger partial charge in [-0.2, -0.15) is 0 Å². The number of rotatable bonds is 2. The van der Waals surface area contributed by atoms with Crippen LogP contribution in [0.2, 0.25) is 0 Å². The summed E-state index contributed by atoms with van der Waals surface area (Å²) in [5, 5.41) is 12.1. The Morgan fingerprint density at radius 3 is 2.50 bits per heavy atom. The molecule has 0 fully saturated rings. The van der Waals surface area contributed by atoms with E-state index in [1.54, 1.807) is 6.07 Å². The van der Waals surface area contributed by atoms with Crippen LogP contribution in [-0.2, 0) is 6.61 Å². The molecule has 0 spiro atoms. The Kier molecular flexibility index (Phi) is 3.06. The summed E-state index contributed by atoms with van der Waals surface area (Å²) in [6.07, 6.45) is 0. The fourth-order valence-electron chi connectivity index (χ4n) is 1.11. The third kappa shape index (κ3) is 3.30. The molecule has 4 heteroatoms. The molecule has 0 aromatic carbocycles. The molecule has 2 N–H and O–H groups in total. The van der Waals surface area contributed by atoms with Gasteiger partial charge < -0.3 is 10.4 Å². The number of aliphatic hydroxyl groups excluding tert-OH is 1. The smallest absolute Gasteiger partial charge is 0.223 e. The van der Waals surface area contributed by atoms with Crippen LogP contribution in [-0.4, -0.2) is 20.6 Å². The molecule has 0 saturated heterocycles. The second-order valence-corrected chi connectivity index (χ2v) is 4.36. The van der Waals surface area contributed by atoms with Crippen LogP contribution >= 0.6 is 0 Å². The van der Waals surface area contributed by atoms with Crippen molar-refractivity contribution in [2.45, 2.75) is 39.8 Å². The molecule has 1 rings (SSSR count). The second-order valence-electron chi connectivity index (χ2n) is 4.36. The molecule has 14 heavy (non-hydrogen) atoms. The first kappa shape index (κ1) is 10.9. The molecule has 0 saturated carbocycles. The van der Waals surface area contributed by atoms with Crippen molar-refractivity contribution in [1.29, 1.82) is 0 Å². The predicted molar refractivity (Wildman–Crippen MR) is 56.1 cm³/mol. The van der Waals surface area contributed by atoms with E-state index in [1.165, 1.54) is 0 Å². The highest BCUT2D eigenvalue weighted by molar-refractivity contribution is 5.30. The maximum atomic E-state index is 8.97. The zero-order valence-electron chi connectivity index (χ0n) is 9.13. The van der Waals surface area contributed by atoms with E-state index >= 15 is 0 Å². The van der Waals surface area contributed by atoms with Gasteiger partial charge in [0.15, 0.2) is 0 Å². The van der Waals surface area contributed by atoms with Gasteiger partial charge in [-0.25, -0.2) is 9.97 Å². The van der Waals surface area contributed by atoms with Gasteiger partial charge in [0.2, 0.25) is 5.95 Å². The summed E-state index contributed by atoms with van der Waals surface area (Å²) < 4.78 is 0. The van der Waals surface area contributed by atoms with Gasteiger partial charge in [0.25, 0.3) is 0 Å². The lowest BCUT2D eigenvalue weighted by Gasteiger charge is -2.20. The van der Waals surface area contributed by atoms with E-state index in [0.717, 1.165) is 5.69 Å². The summed E-state index contributed by atoms with van der Waals surface area (Å²) in [6.45, 7) is 7.95. The molecular formula is C10H17N3O. The van der Waals surface area contributed by atoms with E-state index < -0.39 is 0 Å². The molecule has 1 aromatic rings. The van der Waals surface area contributed by atoms with E-state index in [-0.39, 0.29) is 12.1 Å². The number of hydrogen-bond donors (Lipinski definition) is 2. The topological polar surface area (TPSA) is 58.0 Å². The summed E-state index contributed by atoms with van der Waals surface area (Å²) in [7, 11) is 0. The minimum atomic E-state index is -0.0689. The molecule has 1 aromatic heterocycles. The normalized spacial score (nSPS) is 11.5. The monoisotopic (exact) mass is 195 g/mol. The van der Waals surface area contributed by atoms with E-state index in [0.29, 0.717) is 11.6 Å². The molecule has 0 aliphatic heterocycles. The first-order valence-electron chi connectivity index (χ1n) is 4.64. The van der Waals surface area contributed by atoms with Crippen molar-refractivity contribution in [3.63, 3.8) is 0 Å². The van der Waals surface area contributed by atoms with Gasteiger partial charge in [-0.3, -0.25) is 0 Å². The van der Waals surface area contributed by atoms with Gasteiger partial charge in [-0.1, -0.05) is 0 Å². The molecule has 0 radical (unpaired) electrons. The van der Waals surface area contributed by atoms with Crippen molar-refractivity contribution in [3.05, 3.63) is 17.5 Å². The number of aliphatic hydroxyl groups is 1. The third-order valence-electron chi connectivity index (χ3n) is 1.56. The Labute approximate surface area is 84.4 Å². The summed E-state index contributed by atoms with van der Waals surface area (Å²) in [5.74, 6) is 0.571. The quantitative estimate of drug-likeness (QED) is 0.750. The largest absolute Gasteiger partial charge is 0.390 e. The first-order chi connectivity index (χ1) is 6.40. The molecular weight excluding hydrogens is 178 g/mol. The van der Waals surface area contributed by atoms with Gasteiger partial charge in [0, 0.05) is 11.2 Å². The third-order valence-corrected chi connectivity index (χ3v) is 1.56. The number of nitrogens with one attached hydrogen (secondary N) is 1. The maximum Gasteiger partial charge on any atom is 0.223 e. The molecule has 0 aliphatic carbocycles. The highest BCUT2D eigenvalue weighted by atomic mass is 16.3. The summed E-state index contributed by atoms with van der Waals surface area (Å²) in [6, 6.07) is 1.77. The van der Waals surface area contributed by atoms with Crippen molar-refractivity contribution in [1.82, 2.24) is 9.97 Å². The Bertz CT molecular complexity index is 318. The molecule has 0 atom stereocenters. The standard InChI is InChI=1S/C10H17N3O/c1-7-5-8(6-14)12-9(11-7)13-10(2,3)4/h5,14H,6H2,1-4H3,(H,11,12,13). The van der Waals surface area contributed by atoms with Gasteiger partial charge in [0.1, 0.15) is 0 Å². The van der Waals surface area contributed by atoms with Crippen LogP contribution in [0.3, 0.4) is 0 Å². The minimum Gasteiger partial charge on any atom is -0.390 e. The van der Waals surface area contributed by atoms with Crippen LogP contribution in [0.15, 0.2) is 6.07 Å². The summed E-state index contributed by atoms with van der Waals surface area (Å²) in [4.78, 5) is 8.40. The summed E-state index contributed by atoms with van der Waals surface area (Å²) >= 11 is 0. The lowest BCUT2D eigenvalue weighted by atomic mass is 10.1. The minimum absolute atomic E-state index is 0.0534. The van der Waals surface area contributed by atoms with E-state index in [1.807, 2.05) is 27.7 Å². The SMILES string of the molecule is Cc1cc(CO)nc(NC(C)(C)C)n1. The number of hydrogen-bond acceptors (Lipinski definition) is 4. The summed E-state index contributed by atoms with van der Waals surface area (Å²) in [5.41, 5.74) is 1.43. The van der Waals surface area contributed by atoms with Crippen LogP contribution in [0.1, 0.15) is 32.2 Å². The first-order valence-corrected chi connectivity index (χ1v) is 4.64. The van der Waals surface area contributed by atoms with Crippen LogP contribution in [0.5, 0.6) is 0 Å². The van der Waals surface area contributed by atoms with Crippen LogP contribution in [0, 0.1) is 6.92 Å². The Balaban J connectivity index is 2.92. The molecule has 0 amide bonds. The molecule has 1 heterocycles. The van der Waals surface area contributed by atoms with Crippen molar-refractivity contribution in [2.24, 2.45) is 0 Å². The van der Waals surface area contributed by atoms with Crippen LogP contribution in [0.25, 0.3) is 0 Å². The van der Waals surface area contributed by atoms with Crippen molar-refractivity contribution in [2.75, 3.05) is 5.32 Å². The van der Waals surface area contributed by atoms with Gasteiger partial charge in [0.05, 0.1) is 12.3 Å². The zero-order chi connectivity index (χ0) is 10.8. The fourth-order valence-corrected chi connectivity index (χ4v) is 1.11. The van der Waals surface area contributed by atoms with Crippen LogP contribution < -0.4 is 5.32 Å². The molecule has 0 aliphatic rings. The van der Waals surface area contributed by atoms with Crippen molar-refractivity contribution < 1.29 is 5.11 Å². The van der Waals surface area contributed by atoms with Crippen molar-refractivity contribution >= 4 is 5.95 Å². The highest BCUT2D eigenvalue weighted by Crippen LogP contribution is 2.11. The molecule has 0 bridgehead atoms. The number of aryl methyl sites for hydroxylation is 1. The second kappa shape index (κ2) is 3.92. The number of anilines is 1. The van der Waals surface area contributed by atoms with Gasteiger partial charge >= 0.3 is 0 Å². The van der Waals surface area contributed by atoms with E-state index in [2.05, 4.69) is 15.3 Å². The average molecular weight is 195 g/mol. The Morgan fingerprint density at radius 2 is 2.00 bits per heavy atom.